The second-order valence-corrected chi connectivity index (χ2v) is 9.62. The van der Waals surface area contributed by atoms with Crippen molar-refractivity contribution in [3.63, 3.8) is 0 Å². The number of carbonyl (C=O) groups is 1. The Bertz CT molecular complexity index is 1170. The van der Waals surface area contributed by atoms with Gasteiger partial charge in [0, 0.05) is 50.1 Å². The van der Waals surface area contributed by atoms with Crippen LogP contribution >= 0.6 is 23.4 Å². The number of hydrogen-bond donors (Lipinski definition) is 1. The lowest BCUT2D eigenvalue weighted by atomic mass is 10.1. The van der Waals surface area contributed by atoms with Crippen LogP contribution in [0.1, 0.15) is 28.4 Å². The van der Waals surface area contributed by atoms with Crippen LogP contribution in [0.4, 0.5) is 5.82 Å². The van der Waals surface area contributed by atoms with Crippen LogP contribution in [0.3, 0.4) is 0 Å². The van der Waals surface area contributed by atoms with Crippen LogP contribution in [-0.2, 0) is 10.6 Å². The van der Waals surface area contributed by atoms with Gasteiger partial charge in [-0.2, -0.15) is 0 Å². The molecule has 1 saturated heterocycles. The van der Waals surface area contributed by atoms with Gasteiger partial charge in [-0.1, -0.05) is 78.0 Å². The van der Waals surface area contributed by atoms with E-state index in [4.69, 9.17) is 21.4 Å². The molecule has 9 heteroatoms. The lowest BCUT2D eigenvalue weighted by Gasteiger charge is -2.35. The molecule has 1 amide bonds. The van der Waals surface area contributed by atoms with Crippen LogP contribution < -0.4 is 10.4 Å². The van der Waals surface area contributed by atoms with E-state index in [1.54, 1.807) is 6.07 Å². The first kappa shape index (κ1) is 26.2. The minimum atomic E-state index is -0.264. The normalized spacial score (nSPS) is 14.3. The number of hydrogen-bond acceptors (Lipinski definition) is 7. The molecule has 2 heterocycles. The lowest BCUT2D eigenvalue weighted by molar-refractivity contribution is 0.0364. The molecule has 0 aliphatic carbocycles. The van der Waals surface area contributed by atoms with Crippen molar-refractivity contribution in [3.05, 3.63) is 88.6 Å². The minimum Gasteiger partial charge on any atom is -0.354 e. The lowest BCUT2D eigenvalue weighted by Crippen LogP contribution is -2.46. The predicted octanol–water partition coefficient (Wildman–Crippen LogP) is 4.94. The average molecular weight is 524 g/mol. The summed E-state index contributed by atoms with van der Waals surface area (Å²) in [6, 6.07) is 19.6. The maximum atomic E-state index is 12.1. The first-order valence-electron chi connectivity index (χ1n) is 12.0. The number of nitrogens with zero attached hydrogens (tertiary/aromatic N) is 4. The molecule has 1 fully saturated rings. The Morgan fingerprint density at radius 3 is 2.67 bits per heavy atom. The van der Waals surface area contributed by atoms with Gasteiger partial charge in [0.05, 0.1) is 6.61 Å². The average Bonchev–Trinajstić information content (AvgIpc) is 2.91. The fourth-order valence-electron chi connectivity index (χ4n) is 3.82. The number of anilines is 1. The summed E-state index contributed by atoms with van der Waals surface area (Å²) < 4.78 is 0. The van der Waals surface area contributed by atoms with Crippen LogP contribution in [0, 0.1) is 0 Å². The quantitative estimate of drug-likeness (QED) is 0.175. The van der Waals surface area contributed by atoms with E-state index < -0.39 is 0 Å². The minimum absolute atomic E-state index is 0.264. The highest BCUT2D eigenvalue weighted by Crippen LogP contribution is 2.25. The fourth-order valence-corrected chi connectivity index (χ4v) is 4.84. The smallest absolute Gasteiger partial charge is 0.274 e. The first-order chi connectivity index (χ1) is 17.6. The Balaban J connectivity index is 1.30. The number of piperazine rings is 1. The summed E-state index contributed by atoms with van der Waals surface area (Å²) in [7, 11) is 0. The zero-order valence-corrected chi connectivity index (χ0v) is 21.8. The summed E-state index contributed by atoms with van der Waals surface area (Å²) in [5, 5.41) is 1.05. The van der Waals surface area contributed by atoms with Gasteiger partial charge in [-0.25, -0.2) is 15.4 Å². The Kier molecular flexibility index (Phi) is 9.75. The van der Waals surface area contributed by atoms with Crippen molar-refractivity contribution in [1.82, 2.24) is 20.3 Å². The predicted molar refractivity (Wildman–Crippen MR) is 146 cm³/mol. The van der Waals surface area contributed by atoms with E-state index in [1.165, 1.54) is 17.3 Å². The van der Waals surface area contributed by atoms with Gasteiger partial charge in [-0.15, -0.1) is 0 Å². The number of thioether (sulfide) groups is 1. The molecular formula is C27H30ClN5O2S. The number of aromatic nitrogens is 2. The van der Waals surface area contributed by atoms with Crippen LogP contribution in [0.2, 0.25) is 5.15 Å². The number of nitrogens with one attached hydrogen (secondary N) is 1. The molecule has 0 unspecified atom stereocenters. The van der Waals surface area contributed by atoms with Gasteiger partial charge in [-0.3, -0.25) is 14.5 Å². The molecule has 0 saturated carbocycles. The standard InChI is InChI=1S/C27H30ClN5O2S/c1-2-35-31-26(34)23-12-6-10-22(18-23)20-36-27-29-24(28)19-25(30-27)33-16-14-32(15-17-33)13-7-11-21-8-4-3-5-9-21/h3-12,18-19H,2,13-17,20H2,1H3,(H,31,34). The fraction of sp³-hybridized carbons (Fsp3) is 0.296. The van der Waals surface area contributed by atoms with E-state index in [-0.39, 0.29) is 5.91 Å². The molecule has 3 aromatic rings. The topological polar surface area (TPSA) is 70.6 Å². The largest absolute Gasteiger partial charge is 0.354 e. The SMILES string of the molecule is CCONC(=O)c1cccc(CSc2nc(Cl)cc(N3CCN(CC=Cc4ccccc4)CC3)n2)c1. The summed E-state index contributed by atoms with van der Waals surface area (Å²) in [5.74, 6) is 1.21. The van der Waals surface area contributed by atoms with Crippen molar-refractivity contribution in [2.24, 2.45) is 0 Å². The molecule has 2 aromatic carbocycles. The first-order valence-corrected chi connectivity index (χ1v) is 13.3. The van der Waals surface area contributed by atoms with Crippen molar-refractivity contribution in [1.29, 1.82) is 0 Å². The van der Waals surface area contributed by atoms with Crippen molar-refractivity contribution >= 4 is 41.2 Å². The number of hydroxylamine groups is 1. The Morgan fingerprint density at radius 1 is 1.08 bits per heavy atom. The molecular weight excluding hydrogens is 494 g/mol. The van der Waals surface area contributed by atoms with Gasteiger partial charge in [0.15, 0.2) is 5.16 Å². The number of rotatable bonds is 10. The summed E-state index contributed by atoms with van der Waals surface area (Å²) in [6.07, 6.45) is 4.39. The molecule has 0 atom stereocenters. The van der Waals surface area contributed by atoms with Gasteiger partial charge < -0.3 is 4.90 Å². The maximum Gasteiger partial charge on any atom is 0.274 e. The third kappa shape index (κ3) is 7.80. The van der Waals surface area contributed by atoms with Gasteiger partial charge in [0.2, 0.25) is 0 Å². The van der Waals surface area contributed by atoms with Crippen LogP contribution in [0.15, 0.2) is 71.9 Å². The van der Waals surface area contributed by atoms with Crippen molar-refractivity contribution in [2.75, 3.05) is 44.2 Å². The highest BCUT2D eigenvalue weighted by Gasteiger charge is 2.19. The van der Waals surface area contributed by atoms with Crippen LogP contribution in [0.5, 0.6) is 0 Å². The van der Waals surface area contributed by atoms with Gasteiger partial charge >= 0.3 is 0 Å². The Hall–Kier alpha value is -2.91. The Morgan fingerprint density at radius 2 is 1.89 bits per heavy atom. The molecule has 1 aliphatic rings. The van der Waals surface area contributed by atoms with Crippen LogP contribution in [-0.4, -0.2) is 60.1 Å². The van der Waals surface area contributed by atoms with E-state index in [0.29, 0.717) is 28.2 Å². The number of halogens is 1. The molecule has 0 bridgehead atoms. The molecule has 188 valence electrons. The Labute approximate surface area is 221 Å². The maximum absolute atomic E-state index is 12.1. The number of amides is 1. The van der Waals surface area contributed by atoms with E-state index >= 15 is 0 Å². The van der Waals surface area contributed by atoms with Gasteiger partial charge in [0.25, 0.3) is 5.91 Å². The van der Waals surface area contributed by atoms with E-state index in [9.17, 15) is 4.79 Å². The third-order valence-corrected chi connectivity index (χ3v) is 6.81. The van der Waals surface area contributed by atoms with Gasteiger partial charge in [0.1, 0.15) is 11.0 Å². The molecule has 1 aromatic heterocycles. The monoisotopic (exact) mass is 523 g/mol. The highest BCUT2D eigenvalue weighted by atomic mass is 35.5. The van der Waals surface area contributed by atoms with Crippen molar-refractivity contribution in [3.8, 4) is 0 Å². The van der Waals surface area contributed by atoms with E-state index in [2.05, 4.69) is 56.7 Å². The zero-order valence-electron chi connectivity index (χ0n) is 20.3. The second kappa shape index (κ2) is 13.4. The summed E-state index contributed by atoms with van der Waals surface area (Å²) in [6.45, 7) is 6.84. The van der Waals surface area contributed by atoms with Gasteiger partial charge in [-0.05, 0) is 30.2 Å². The second-order valence-electron chi connectivity index (χ2n) is 8.29. The van der Waals surface area contributed by atoms with E-state index in [0.717, 1.165) is 44.1 Å². The van der Waals surface area contributed by atoms with Crippen LogP contribution in [0.25, 0.3) is 6.08 Å². The summed E-state index contributed by atoms with van der Waals surface area (Å²) >= 11 is 7.84. The number of benzene rings is 2. The molecule has 0 radical (unpaired) electrons. The third-order valence-electron chi connectivity index (χ3n) is 5.70. The molecule has 1 N–H and O–H groups in total. The zero-order chi connectivity index (χ0) is 25.2. The molecule has 0 spiro atoms. The molecule has 1 aliphatic heterocycles. The summed E-state index contributed by atoms with van der Waals surface area (Å²) in [5.41, 5.74) is 5.18. The molecule has 7 nitrogen and oxygen atoms in total. The number of carbonyl (C=O) groups excluding carboxylic acids is 1. The van der Waals surface area contributed by atoms with E-state index in [1.807, 2.05) is 37.3 Å². The summed E-state index contributed by atoms with van der Waals surface area (Å²) in [4.78, 5) is 31.0. The molecule has 36 heavy (non-hydrogen) atoms. The molecule has 4 rings (SSSR count). The van der Waals surface area contributed by atoms with Crippen molar-refractivity contribution in [2.45, 2.75) is 17.8 Å². The van der Waals surface area contributed by atoms with Crippen molar-refractivity contribution < 1.29 is 9.63 Å². The highest BCUT2D eigenvalue weighted by molar-refractivity contribution is 7.98.